The van der Waals surface area contributed by atoms with Crippen molar-refractivity contribution in [1.82, 2.24) is 14.9 Å². The van der Waals surface area contributed by atoms with Gasteiger partial charge in [0.05, 0.1) is 6.61 Å². The largest absolute Gasteiger partial charge is 0.395 e. The topological polar surface area (TPSA) is 50.1 Å². The molecule has 17 heavy (non-hydrogen) atoms. The first-order valence-corrected chi connectivity index (χ1v) is 6.58. The summed E-state index contributed by atoms with van der Waals surface area (Å²) in [6, 6.07) is 0.879. The SMILES string of the molecule is CC(C)c1nccn1CCC(CO)NC1CC1. The highest BCUT2D eigenvalue weighted by atomic mass is 16.3. The van der Waals surface area contributed by atoms with Crippen LogP contribution in [0.15, 0.2) is 12.4 Å². The molecule has 1 aliphatic rings. The lowest BCUT2D eigenvalue weighted by Crippen LogP contribution is -2.35. The third kappa shape index (κ3) is 3.54. The molecule has 1 unspecified atom stereocenters. The Morgan fingerprint density at radius 1 is 1.53 bits per heavy atom. The van der Waals surface area contributed by atoms with Gasteiger partial charge < -0.3 is 15.0 Å². The monoisotopic (exact) mass is 237 g/mol. The van der Waals surface area contributed by atoms with E-state index in [4.69, 9.17) is 0 Å². The summed E-state index contributed by atoms with van der Waals surface area (Å²) < 4.78 is 2.20. The Balaban J connectivity index is 1.84. The number of hydrogen-bond donors (Lipinski definition) is 2. The van der Waals surface area contributed by atoms with Gasteiger partial charge in [-0.3, -0.25) is 0 Å². The third-order valence-electron chi connectivity index (χ3n) is 3.25. The van der Waals surface area contributed by atoms with Gasteiger partial charge in [-0.05, 0) is 19.3 Å². The van der Waals surface area contributed by atoms with Gasteiger partial charge in [-0.1, -0.05) is 13.8 Å². The molecule has 0 spiro atoms. The molecular formula is C13H23N3O. The van der Waals surface area contributed by atoms with Crippen LogP contribution in [0.4, 0.5) is 0 Å². The fourth-order valence-electron chi connectivity index (χ4n) is 2.12. The van der Waals surface area contributed by atoms with Crippen molar-refractivity contribution in [2.24, 2.45) is 0 Å². The smallest absolute Gasteiger partial charge is 0.111 e. The highest BCUT2D eigenvalue weighted by Gasteiger charge is 2.24. The molecule has 0 aliphatic heterocycles. The first kappa shape index (κ1) is 12.6. The number of aryl methyl sites for hydroxylation is 1. The molecule has 1 saturated carbocycles. The zero-order valence-electron chi connectivity index (χ0n) is 10.8. The molecule has 0 saturated heterocycles. The quantitative estimate of drug-likeness (QED) is 0.756. The number of aliphatic hydroxyl groups excluding tert-OH is 1. The van der Waals surface area contributed by atoms with Gasteiger partial charge in [0.15, 0.2) is 0 Å². The van der Waals surface area contributed by atoms with Gasteiger partial charge >= 0.3 is 0 Å². The molecule has 1 heterocycles. The maximum Gasteiger partial charge on any atom is 0.111 e. The summed E-state index contributed by atoms with van der Waals surface area (Å²) in [6.07, 6.45) is 7.37. The zero-order valence-corrected chi connectivity index (χ0v) is 10.8. The van der Waals surface area contributed by atoms with E-state index in [1.807, 2.05) is 12.4 Å². The standard InChI is InChI=1S/C13H23N3O/c1-10(2)13-14-6-8-16(13)7-5-12(9-17)15-11-3-4-11/h6,8,10-12,15,17H,3-5,7,9H2,1-2H3. The van der Waals surface area contributed by atoms with Gasteiger partial charge in [-0.15, -0.1) is 0 Å². The van der Waals surface area contributed by atoms with Crippen LogP contribution in [0.2, 0.25) is 0 Å². The number of rotatable bonds is 7. The van der Waals surface area contributed by atoms with Gasteiger partial charge in [-0.25, -0.2) is 4.98 Å². The Labute approximate surface area is 103 Å². The van der Waals surface area contributed by atoms with Crippen molar-refractivity contribution in [3.63, 3.8) is 0 Å². The molecule has 1 fully saturated rings. The van der Waals surface area contributed by atoms with Crippen molar-refractivity contribution in [2.75, 3.05) is 6.61 Å². The summed E-state index contributed by atoms with van der Waals surface area (Å²) in [6.45, 7) is 5.47. The average Bonchev–Trinajstić information content (AvgIpc) is 2.99. The van der Waals surface area contributed by atoms with Crippen LogP contribution in [0.5, 0.6) is 0 Å². The fraction of sp³-hybridized carbons (Fsp3) is 0.769. The van der Waals surface area contributed by atoms with E-state index in [0.29, 0.717) is 12.0 Å². The highest BCUT2D eigenvalue weighted by molar-refractivity contribution is 4.97. The van der Waals surface area contributed by atoms with Crippen LogP contribution in [0.1, 0.15) is 44.9 Å². The normalized spacial score (nSPS) is 17.6. The van der Waals surface area contributed by atoms with Gasteiger partial charge in [0.2, 0.25) is 0 Å². The highest BCUT2D eigenvalue weighted by Crippen LogP contribution is 2.20. The Morgan fingerprint density at radius 3 is 2.88 bits per heavy atom. The molecule has 0 aromatic carbocycles. The van der Waals surface area contributed by atoms with Crippen molar-refractivity contribution in [1.29, 1.82) is 0 Å². The molecule has 2 rings (SSSR count). The molecule has 96 valence electrons. The summed E-state index contributed by atoms with van der Waals surface area (Å²) in [5.41, 5.74) is 0. The molecule has 4 heteroatoms. The van der Waals surface area contributed by atoms with Crippen LogP contribution in [0.25, 0.3) is 0 Å². The summed E-state index contributed by atoms with van der Waals surface area (Å²) in [7, 11) is 0. The van der Waals surface area contributed by atoms with Crippen LogP contribution in [-0.2, 0) is 6.54 Å². The van der Waals surface area contributed by atoms with Crippen LogP contribution < -0.4 is 5.32 Å². The van der Waals surface area contributed by atoms with E-state index in [1.54, 1.807) is 0 Å². The lowest BCUT2D eigenvalue weighted by Gasteiger charge is -2.17. The summed E-state index contributed by atoms with van der Waals surface area (Å²) in [4.78, 5) is 4.37. The minimum absolute atomic E-state index is 0.224. The van der Waals surface area contributed by atoms with Crippen LogP contribution >= 0.6 is 0 Å². The maximum absolute atomic E-state index is 9.32. The second-order valence-corrected chi connectivity index (χ2v) is 5.24. The number of aliphatic hydroxyl groups is 1. The van der Waals surface area contributed by atoms with Crippen LogP contribution in [0.3, 0.4) is 0 Å². The minimum Gasteiger partial charge on any atom is -0.395 e. The Kier molecular flexibility index (Phi) is 4.18. The van der Waals surface area contributed by atoms with E-state index in [-0.39, 0.29) is 12.6 Å². The molecule has 1 atom stereocenters. The number of nitrogens with one attached hydrogen (secondary N) is 1. The second kappa shape index (κ2) is 5.65. The maximum atomic E-state index is 9.32. The summed E-state index contributed by atoms with van der Waals surface area (Å²) in [5, 5.41) is 12.8. The predicted octanol–water partition coefficient (Wildman–Crippen LogP) is 1.51. The molecule has 0 bridgehead atoms. The van der Waals surface area contributed by atoms with Crippen LogP contribution in [0, 0.1) is 0 Å². The number of hydrogen-bond acceptors (Lipinski definition) is 3. The van der Waals surface area contributed by atoms with E-state index in [1.165, 1.54) is 12.8 Å². The van der Waals surface area contributed by atoms with E-state index < -0.39 is 0 Å². The number of aromatic nitrogens is 2. The summed E-state index contributed by atoms with van der Waals surface area (Å²) in [5.74, 6) is 1.59. The Hall–Kier alpha value is -0.870. The zero-order chi connectivity index (χ0) is 12.3. The average molecular weight is 237 g/mol. The van der Waals surface area contributed by atoms with E-state index in [2.05, 4.69) is 28.7 Å². The van der Waals surface area contributed by atoms with E-state index in [0.717, 1.165) is 18.8 Å². The van der Waals surface area contributed by atoms with E-state index in [9.17, 15) is 5.11 Å². The van der Waals surface area contributed by atoms with Crippen molar-refractivity contribution in [3.8, 4) is 0 Å². The molecule has 1 aromatic rings. The van der Waals surface area contributed by atoms with E-state index >= 15 is 0 Å². The lowest BCUT2D eigenvalue weighted by molar-refractivity contribution is 0.229. The Bertz CT molecular complexity index is 344. The minimum atomic E-state index is 0.224. The summed E-state index contributed by atoms with van der Waals surface area (Å²) >= 11 is 0. The molecular weight excluding hydrogens is 214 g/mol. The molecule has 1 aliphatic carbocycles. The fourth-order valence-corrected chi connectivity index (χ4v) is 2.12. The molecule has 1 aromatic heterocycles. The predicted molar refractivity (Wildman–Crippen MR) is 68.0 cm³/mol. The molecule has 4 nitrogen and oxygen atoms in total. The third-order valence-corrected chi connectivity index (χ3v) is 3.25. The van der Waals surface area contributed by atoms with Crippen molar-refractivity contribution >= 4 is 0 Å². The van der Waals surface area contributed by atoms with Gasteiger partial charge in [-0.2, -0.15) is 0 Å². The molecule has 0 amide bonds. The number of nitrogens with zero attached hydrogens (tertiary/aromatic N) is 2. The number of imidazole rings is 1. The van der Waals surface area contributed by atoms with Gasteiger partial charge in [0, 0.05) is 36.9 Å². The van der Waals surface area contributed by atoms with Crippen molar-refractivity contribution < 1.29 is 5.11 Å². The van der Waals surface area contributed by atoms with Crippen molar-refractivity contribution in [3.05, 3.63) is 18.2 Å². The first-order valence-electron chi connectivity index (χ1n) is 6.58. The molecule has 2 N–H and O–H groups in total. The van der Waals surface area contributed by atoms with Crippen LogP contribution in [-0.4, -0.2) is 33.3 Å². The molecule has 0 radical (unpaired) electrons. The van der Waals surface area contributed by atoms with Gasteiger partial charge in [0.1, 0.15) is 5.82 Å². The Morgan fingerprint density at radius 2 is 2.29 bits per heavy atom. The van der Waals surface area contributed by atoms with Gasteiger partial charge in [0.25, 0.3) is 0 Å². The van der Waals surface area contributed by atoms with Crippen molar-refractivity contribution in [2.45, 2.75) is 57.7 Å². The lowest BCUT2D eigenvalue weighted by atomic mass is 10.2. The first-order chi connectivity index (χ1) is 8.20. The second-order valence-electron chi connectivity index (χ2n) is 5.24.